The van der Waals surface area contributed by atoms with Crippen molar-refractivity contribution in [3.8, 4) is 0 Å². The first-order chi connectivity index (χ1) is 12.6. The Bertz CT molecular complexity index is 737. The van der Waals surface area contributed by atoms with Gasteiger partial charge >= 0.3 is 0 Å². The minimum atomic E-state index is -0.994. The Balaban J connectivity index is 0.00000364. The van der Waals surface area contributed by atoms with E-state index in [1.165, 1.54) is 11.1 Å². The smallest absolute Gasteiger partial charge is 0.191 e. The van der Waals surface area contributed by atoms with E-state index in [0.29, 0.717) is 24.8 Å². The van der Waals surface area contributed by atoms with Crippen molar-refractivity contribution in [2.45, 2.75) is 31.6 Å². The van der Waals surface area contributed by atoms with Gasteiger partial charge in [0.15, 0.2) is 5.96 Å². The molecule has 0 radical (unpaired) electrons. The quantitative estimate of drug-likeness (QED) is 0.327. The second kappa shape index (κ2) is 12.9. The number of hydrogen-bond acceptors (Lipinski definition) is 2. The molecule has 4 nitrogen and oxygen atoms in total. The van der Waals surface area contributed by atoms with Crippen LogP contribution in [0, 0.1) is 6.92 Å². The molecule has 2 rings (SSSR count). The molecule has 27 heavy (non-hydrogen) atoms. The Morgan fingerprint density at radius 2 is 1.85 bits per heavy atom. The fourth-order valence-electron chi connectivity index (χ4n) is 2.60. The summed E-state index contributed by atoms with van der Waals surface area (Å²) in [6, 6.07) is 18.1. The van der Waals surface area contributed by atoms with Crippen molar-refractivity contribution >= 4 is 40.7 Å². The van der Waals surface area contributed by atoms with Crippen LogP contribution in [0.2, 0.25) is 0 Å². The summed E-state index contributed by atoms with van der Waals surface area (Å²) in [5.74, 6) is 1.68. The predicted octanol–water partition coefficient (Wildman–Crippen LogP) is 4.08. The maximum Gasteiger partial charge on any atom is 0.191 e. The summed E-state index contributed by atoms with van der Waals surface area (Å²) in [5.41, 5.74) is 2.57. The van der Waals surface area contributed by atoms with Gasteiger partial charge in [0, 0.05) is 36.2 Å². The van der Waals surface area contributed by atoms with Crippen LogP contribution in [0.5, 0.6) is 0 Å². The van der Waals surface area contributed by atoms with Gasteiger partial charge in [-0.05, 0) is 31.5 Å². The molecule has 2 aromatic rings. The average Bonchev–Trinajstić information content (AvgIpc) is 2.66. The first-order valence-electron chi connectivity index (χ1n) is 9.12. The molecule has 148 valence electrons. The molecule has 0 heterocycles. The Morgan fingerprint density at radius 3 is 2.52 bits per heavy atom. The highest BCUT2D eigenvalue weighted by molar-refractivity contribution is 14.0. The summed E-state index contributed by atoms with van der Waals surface area (Å²) in [5, 5.41) is 6.54. The highest BCUT2D eigenvalue weighted by Gasteiger charge is 2.07. The number of hydrogen-bond donors (Lipinski definition) is 2. The Labute approximate surface area is 182 Å². The van der Waals surface area contributed by atoms with Gasteiger partial charge in [0.2, 0.25) is 0 Å². The molecule has 0 bridgehead atoms. The first-order valence-corrected chi connectivity index (χ1v) is 10.4. The van der Waals surface area contributed by atoms with E-state index in [4.69, 9.17) is 0 Å². The van der Waals surface area contributed by atoms with Crippen molar-refractivity contribution in [1.82, 2.24) is 10.6 Å². The van der Waals surface area contributed by atoms with Crippen molar-refractivity contribution in [2.75, 3.05) is 25.4 Å². The molecule has 0 saturated heterocycles. The van der Waals surface area contributed by atoms with Crippen LogP contribution in [-0.2, 0) is 10.8 Å². The van der Waals surface area contributed by atoms with Crippen LogP contribution in [0.25, 0.3) is 0 Å². The van der Waals surface area contributed by atoms with E-state index in [0.717, 1.165) is 17.4 Å². The zero-order valence-corrected chi connectivity index (χ0v) is 19.4. The molecule has 0 amide bonds. The number of nitrogens with zero attached hydrogens (tertiary/aromatic N) is 1. The minimum Gasteiger partial charge on any atom is -0.357 e. The van der Waals surface area contributed by atoms with Gasteiger partial charge < -0.3 is 10.6 Å². The molecule has 2 unspecified atom stereocenters. The Kier molecular flexibility index (Phi) is 11.3. The number of benzene rings is 2. The maximum atomic E-state index is 12.3. The standard InChI is InChI=1S/C21H29N3OS.HI/c1-4-22-21(23-13-14-26(25)20-11-6-5-7-12-20)24-16-18(3)19-10-8-9-17(2)15-19;/h5-12,15,18H,4,13-14,16H2,1-3H3,(H2,22,23,24);1H. The van der Waals surface area contributed by atoms with Crippen LogP contribution in [-0.4, -0.2) is 35.6 Å². The molecule has 0 aliphatic rings. The molecule has 0 spiro atoms. The van der Waals surface area contributed by atoms with Crippen molar-refractivity contribution in [3.05, 3.63) is 65.7 Å². The van der Waals surface area contributed by atoms with Crippen LogP contribution in [0.3, 0.4) is 0 Å². The fraction of sp³-hybridized carbons (Fsp3) is 0.381. The molecule has 2 atom stereocenters. The second-order valence-electron chi connectivity index (χ2n) is 6.32. The van der Waals surface area contributed by atoms with E-state index in [1.54, 1.807) is 0 Å². The highest BCUT2D eigenvalue weighted by Crippen LogP contribution is 2.16. The van der Waals surface area contributed by atoms with Crippen LogP contribution < -0.4 is 10.6 Å². The minimum absolute atomic E-state index is 0. The monoisotopic (exact) mass is 499 g/mol. The van der Waals surface area contributed by atoms with Crippen LogP contribution in [0.15, 0.2) is 64.5 Å². The third-order valence-electron chi connectivity index (χ3n) is 4.06. The van der Waals surface area contributed by atoms with Gasteiger partial charge in [-0.2, -0.15) is 0 Å². The van der Waals surface area contributed by atoms with Gasteiger partial charge in [-0.1, -0.05) is 55.0 Å². The number of guanidine groups is 1. The molecule has 0 saturated carbocycles. The summed E-state index contributed by atoms with van der Waals surface area (Å²) in [6.07, 6.45) is 0. The topological polar surface area (TPSA) is 53.5 Å². The van der Waals surface area contributed by atoms with Gasteiger partial charge in [0.05, 0.1) is 10.8 Å². The van der Waals surface area contributed by atoms with E-state index in [9.17, 15) is 4.21 Å². The normalized spacial score (nSPS) is 13.4. The van der Waals surface area contributed by atoms with Crippen molar-refractivity contribution < 1.29 is 4.21 Å². The third kappa shape index (κ3) is 8.43. The molecule has 0 aromatic heterocycles. The second-order valence-corrected chi connectivity index (χ2v) is 7.89. The lowest BCUT2D eigenvalue weighted by molar-refractivity contribution is 0.681. The van der Waals surface area contributed by atoms with Crippen LogP contribution >= 0.6 is 24.0 Å². The van der Waals surface area contributed by atoms with Crippen molar-refractivity contribution in [1.29, 1.82) is 0 Å². The zero-order chi connectivity index (χ0) is 18.8. The SMILES string of the molecule is CCNC(=NCC(C)c1cccc(C)c1)NCCS(=O)c1ccccc1.I. The van der Waals surface area contributed by atoms with Gasteiger partial charge in [-0.3, -0.25) is 9.20 Å². The lowest BCUT2D eigenvalue weighted by Gasteiger charge is -2.14. The molecule has 2 aromatic carbocycles. The first kappa shape index (κ1) is 23.6. The Morgan fingerprint density at radius 1 is 1.11 bits per heavy atom. The summed E-state index contributed by atoms with van der Waals surface area (Å²) < 4.78 is 12.3. The van der Waals surface area contributed by atoms with Gasteiger partial charge in [-0.15, -0.1) is 24.0 Å². The van der Waals surface area contributed by atoms with E-state index >= 15 is 0 Å². The fourth-order valence-corrected chi connectivity index (χ4v) is 3.59. The number of nitrogens with one attached hydrogen (secondary N) is 2. The van der Waals surface area contributed by atoms with Crippen LogP contribution in [0.1, 0.15) is 30.9 Å². The van der Waals surface area contributed by atoms with E-state index in [1.807, 2.05) is 37.3 Å². The number of rotatable bonds is 8. The number of aliphatic imine (C=N–C) groups is 1. The molecular formula is C21H30IN3OS. The van der Waals surface area contributed by atoms with E-state index in [-0.39, 0.29) is 24.0 Å². The predicted molar refractivity (Wildman–Crippen MR) is 127 cm³/mol. The summed E-state index contributed by atoms with van der Waals surface area (Å²) in [6.45, 7) is 8.47. The van der Waals surface area contributed by atoms with Crippen LogP contribution in [0.4, 0.5) is 0 Å². The molecular weight excluding hydrogens is 469 g/mol. The third-order valence-corrected chi connectivity index (χ3v) is 5.44. The largest absolute Gasteiger partial charge is 0.357 e. The summed E-state index contributed by atoms with van der Waals surface area (Å²) >= 11 is 0. The number of halogens is 1. The molecule has 2 N–H and O–H groups in total. The van der Waals surface area contributed by atoms with E-state index < -0.39 is 10.8 Å². The lowest BCUT2D eigenvalue weighted by atomic mass is 10.00. The van der Waals surface area contributed by atoms with Crippen molar-refractivity contribution in [2.24, 2.45) is 4.99 Å². The van der Waals surface area contributed by atoms with Crippen molar-refractivity contribution in [3.63, 3.8) is 0 Å². The van der Waals surface area contributed by atoms with Gasteiger partial charge in [0.25, 0.3) is 0 Å². The summed E-state index contributed by atoms with van der Waals surface area (Å²) in [4.78, 5) is 5.55. The molecule has 6 heteroatoms. The number of aryl methyl sites for hydroxylation is 1. The molecule has 0 fully saturated rings. The highest BCUT2D eigenvalue weighted by atomic mass is 127. The van der Waals surface area contributed by atoms with Gasteiger partial charge in [0.1, 0.15) is 0 Å². The average molecular weight is 499 g/mol. The summed E-state index contributed by atoms with van der Waals surface area (Å²) in [7, 11) is -0.994. The Hall–Kier alpha value is -1.41. The molecule has 0 aliphatic heterocycles. The van der Waals surface area contributed by atoms with E-state index in [2.05, 4.69) is 53.7 Å². The zero-order valence-electron chi connectivity index (χ0n) is 16.3. The van der Waals surface area contributed by atoms with Gasteiger partial charge in [-0.25, -0.2) is 0 Å². The maximum absolute atomic E-state index is 12.3. The molecule has 0 aliphatic carbocycles. The lowest BCUT2D eigenvalue weighted by Crippen LogP contribution is -2.39.